The summed E-state index contributed by atoms with van der Waals surface area (Å²) in [5.41, 5.74) is 0.695. The van der Waals surface area contributed by atoms with E-state index in [1.807, 2.05) is 0 Å². The van der Waals surface area contributed by atoms with Gasteiger partial charge in [0.05, 0.1) is 6.33 Å². The third-order valence-electron chi connectivity index (χ3n) is 4.59. The Morgan fingerprint density at radius 1 is 1.43 bits per heavy atom. The molecule has 1 aliphatic carbocycles. The van der Waals surface area contributed by atoms with Gasteiger partial charge in [-0.25, -0.2) is 14.6 Å². The predicted octanol–water partition coefficient (Wildman–Crippen LogP) is 0.847. The normalized spacial score (nSPS) is 25.6. The number of hydrogen-bond donors (Lipinski definition) is 3. The summed E-state index contributed by atoms with van der Waals surface area (Å²) in [4.78, 5) is 32.0. The number of H-pyrrole nitrogens is 1. The van der Waals surface area contributed by atoms with Crippen LogP contribution in [0, 0.1) is 11.8 Å². The number of likely N-dealkylation sites (tertiary alicyclic amines) is 1. The van der Waals surface area contributed by atoms with E-state index in [-0.39, 0.29) is 12.5 Å². The number of fused-ring (bicyclic) bond motifs is 1. The largest absolute Gasteiger partial charge is 0.480 e. The van der Waals surface area contributed by atoms with Gasteiger partial charge >= 0.3 is 12.0 Å². The van der Waals surface area contributed by atoms with Crippen molar-refractivity contribution in [2.45, 2.75) is 31.7 Å². The number of aliphatic carboxylic acids is 1. The minimum absolute atomic E-state index is 0.210. The Hall–Kier alpha value is -2.05. The number of nitrogens with one attached hydrogen (secondary N) is 2. The number of rotatable bonds is 4. The second-order valence-electron chi connectivity index (χ2n) is 5.98. The van der Waals surface area contributed by atoms with Gasteiger partial charge in [0.2, 0.25) is 0 Å². The third-order valence-corrected chi connectivity index (χ3v) is 4.59. The number of amides is 2. The average molecular weight is 292 g/mol. The molecule has 1 saturated heterocycles. The Kier molecular flexibility index (Phi) is 3.81. The fourth-order valence-corrected chi connectivity index (χ4v) is 3.46. The Bertz CT molecular complexity index is 504. The van der Waals surface area contributed by atoms with Crippen molar-refractivity contribution < 1.29 is 14.7 Å². The summed E-state index contributed by atoms with van der Waals surface area (Å²) < 4.78 is 0. The highest BCUT2D eigenvalue weighted by Crippen LogP contribution is 2.37. The highest BCUT2D eigenvalue weighted by atomic mass is 16.4. The van der Waals surface area contributed by atoms with Crippen molar-refractivity contribution >= 4 is 12.0 Å². The molecule has 1 aromatic rings. The minimum atomic E-state index is -1.03. The Labute approximate surface area is 122 Å². The van der Waals surface area contributed by atoms with Gasteiger partial charge in [0.15, 0.2) is 0 Å². The molecule has 0 radical (unpaired) electrons. The molecule has 0 aromatic carbocycles. The molecule has 7 heteroatoms. The van der Waals surface area contributed by atoms with Gasteiger partial charge in [-0.1, -0.05) is 6.42 Å². The summed E-state index contributed by atoms with van der Waals surface area (Å²) in [6, 6.07) is -1.20. The van der Waals surface area contributed by atoms with Crippen LogP contribution in [0.5, 0.6) is 0 Å². The summed E-state index contributed by atoms with van der Waals surface area (Å²) in [5, 5.41) is 11.9. The maximum atomic E-state index is 12.2. The number of carboxylic acids is 1. The molecule has 3 rings (SSSR count). The standard InChI is InChI=1S/C14H20N4O3/c19-13(20)12(4-11-5-15-8-16-11)17-14(21)18-6-9-2-1-3-10(9)7-18/h5,8-10,12H,1-4,6-7H2,(H,15,16)(H,17,21)(H,19,20). The van der Waals surface area contributed by atoms with E-state index in [0.29, 0.717) is 17.5 Å². The van der Waals surface area contributed by atoms with Gasteiger partial charge in [-0.3, -0.25) is 0 Å². The Morgan fingerprint density at radius 2 is 2.14 bits per heavy atom. The fraction of sp³-hybridized carbons (Fsp3) is 0.643. The fourth-order valence-electron chi connectivity index (χ4n) is 3.46. The van der Waals surface area contributed by atoms with Gasteiger partial charge in [-0.05, 0) is 24.7 Å². The van der Waals surface area contributed by atoms with Crippen LogP contribution >= 0.6 is 0 Å². The second kappa shape index (κ2) is 5.75. The molecule has 2 amide bonds. The first-order chi connectivity index (χ1) is 10.1. The number of carbonyl (C=O) groups is 2. The van der Waals surface area contributed by atoms with Gasteiger partial charge in [-0.2, -0.15) is 0 Å². The van der Waals surface area contributed by atoms with Crippen LogP contribution in [0.4, 0.5) is 4.79 Å². The lowest BCUT2D eigenvalue weighted by Crippen LogP contribution is -2.48. The molecule has 1 aliphatic heterocycles. The van der Waals surface area contributed by atoms with Crippen molar-refractivity contribution in [3.8, 4) is 0 Å². The maximum Gasteiger partial charge on any atom is 0.326 e. The van der Waals surface area contributed by atoms with E-state index >= 15 is 0 Å². The summed E-state index contributed by atoms with van der Waals surface area (Å²) in [6.07, 6.45) is 6.90. The van der Waals surface area contributed by atoms with Crippen LogP contribution in [0.15, 0.2) is 12.5 Å². The zero-order chi connectivity index (χ0) is 14.8. The van der Waals surface area contributed by atoms with E-state index in [2.05, 4.69) is 15.3 Å². The Balaban J connectivity index is 1.58. The predicted molar refractivity (Wildman–Crippen MR) is 74.7 cm³/mol. The van der Waals surface area contributed by atoms with E-state index in [9.17, 15) is 14.7 Å². The molecule has 1 saturated carbocycles. The molecule has 7 nitrogen and oxygen atoms in total. The van der Waals surface area contributed by atoms with Gasteiger partial charge in [0, 0.05) is 31.4 Å². The van der Waals surface area contributed by atoms with Crippen LogP contribution in [-0.2, 0) is 11.2 Å². The number of urea groups is 1. The highest BCUT2D eigenvalue weighted by molar-refractivity contribution is 5.83. The van der Waals surface area contributed by atoms with Gasteiger partial charge < -0.3 is 20.3 Å². The monoisotopic (exact) mass is 292 g/mol. The number of nitrogens with zero attached hydrogens (tertiary/aromatic N) is 2. The first-order valence-electron chi connectivity index (χ1n) is 7.39. The van der Waals surface area contributed by atoms with Crippen LogP contribution in [0.25, 0.3) is 0 Å². The van der Waals surface area contributed by atoms with Gasteiger partial charge in [0.1, 0.15) is 6.04 Å². The van der Waals surface area contributed by atoms with Crippen molar-refractivity contribution in [1.29, 1.82) is 0 Å². The number of aromatic nitrogens is 2. The molecule has 3 atom stereocenters. The molecule has 0 bridgehead atoms. The lowest BCUT2D eigenvalue weighted by Gasteiger charge is -2.21. The highest BCUT2D eigenvalue weighted by Gasteiger charge is 2.38. The Morgan fingerprint density at radius 3 is 2.71 bits per heavy atom. The van der Waals surface area contributed by atoms with Crippen LogP contribution < -0.4 is 5.32 Å². The number of aromatic amines is 1. The van der Waals surface area contributed by atoms with Gasteiger partial charge in [0.25, 0.3) is 0 Å². The van der Waals surface area contributed by atoms with Crippen molar-refractivity contribution in [3.05, 3.63) is 18.2 Å². The summed E-state index contributed by atoms with van der Waals surface area (Å²) >= 11 is 0. The number of carbonyl (C=O) groups excluding carboxylic acids is 1. The average Bonchev–Trinajstić information content (AvgIpc) is 3.13. The molecule has 2 fully saturated rings. The summed E-state index contributed by atoms with van der Waals surface area (Å²) in [7, 11) is 0. The van der Waals surface area contributed by atoms with Crippen LogP contribution in [0.2, 0.25) is 0 Å². The van der Waals surface area contributed by atoms with Crippen molar-refractivity contribution in [2.75, 3.05) is 13.1 Å². The second-order valence-corrected chi connectivity index (χ2v) is 5.98. The van der Waals surface area contributed by atoms with Crippen LogP contribution in [0.1, 0.15) is 25.0 Å². The number of imidazole rings is 1. The molecule has 3 unspecified atom stereocenters. The molecule has 2 aliphatic rings. The minimum Gasteiger partial charge on any atom is -0.480 e. The van der Waals surface area contributed by atoms with Crippen LogP contribution in [-0.4, -0.2) is 51.1 Å². The first-order valence-corrected chi connectivity index (χ1v) is 7.39. The molecule has 1 aromatic heterocycles. The first kappa shape index (κ1) is 13.9. The van der Waals surface area contributed by atoms with Gasteiger partial charge in [-0.15, -0.1) is 0 Å². The smallest absolute Gasteiger partial charge is 0.326 e. The quantitative estimate of drug-likeness (QED) is 0.766. The molecular weight excluding hydrogens is 272 g/mol. The third kappa shape index (κ3) is 3.01. The van der Waals surface area contributed by atoms with Crippen molar-refractivity contribution in [2.24, 2.45) is 11.8 Å². The SMILES string of the molecule is O=C(O)C(Cc1cnc[nH]1)NC(=O)N1CC2CCCC2C1. The molecule has 0 spiro atoms. The van der Waals surface area contributed by atoms with E-state index in [1.54, 1.807) is 11.1 Å². The van der Waals surface area contributed by atoms with Crippen LogP contribution in [0.3, 0.4) is 0 Å². The number of carboxylic acid groups (broad SMARTS) is 1. The van der Waals surface area contributed by atoms with E-state index < -0.39 is 12.0 Å². The molecule has 2 heterocycles. The molecular formula is C14H20N4O3. The van der Waals surface area contributed by atoms with Crippen molar-refractivity contribution in [1.82, 2.24) is 20.2 Å². The molecule has 3 N–H and O–H groups in total. The lowest BCUT2D eigenvalue weighted by atomic mass is 10.0. The topological polar surface area (TPSA) is 98.3 Å². The zero-order valence-corrected chi connectivity index (χ0v) is 11.8. The van der Waals surface area contributed by atoms with Crippen molar-refractivity contribution in [3.63, 3.8) is 0 Å². The van der Waals surface area contributed by atoms with E-state index in [0.717, 1.165) is 13.1 Å². The lowest BCUT2D eigenvalue weighted by molar-refractivity contribution is -0.139. The number of hydrogen-bond acceptors (Lipinski definition) is 3. The van der Waals surface area contributed by atoms with E-state index in [4.69, 9.17) is 0 Å². The zero-order valence-electron chi connectivity index (χ0n) is 11.8. The van der Waals surface area contributed by atoms with E-state index in [1.165, 1.54) is 25.6 Å². The molecule has 21 heavy (non-hydrogen) atoms. The molecule has 114 valence electrons. The summed E-state index contributed by atoms with van der Waals surface area (Å²) in [5.74, 6) is 0.176. The maximum absolute atomic E-state index is 12.2. The summed E-state index contributed by atoms with van der Waals surface area (Å²) in [6.45, 7) is 1.51.